The Bertz CT molecular complexity index is 170. The van der Waals surface area contributed by atoms with Gasteiger partial charge in [-0.25, -0.2) is 0 Å². The molecule has 4 heteroatoms. The Kier molecular flexibility index (Phi) is 6.49. The molecule has 3 N–H and O–H groups in total. The highest BCUT2D eigenvalue weighted by Crippen LogP contribution is 1.94. The van der Waals surface area contributed by atoms with Crippen molar-refractivity contribution < 1.29 is 9.53 Å². The predicted octanol–water partition coefficient (Wildman–Crippen LogP) is 0.653. The van der Waals surface area contributed by atoms with Gasteiger partial charge in [0.15, 0.2) is 0 Å². The van der Waals surface area contributed by atoms with Gasteiger partial charge in [0.1, 0.15) is 6.61 Å². The lowest BCUT2D eigenvalue weighted by Crippen LogP contribution is -2.38. The third kappa shape index (κ3) is 8.01. The SMILES string of the molecule is CC(N)CC(C)NC(=O)COC(C)C. The maximum absolute atomic E-state index is 11.3. The van der Waals surface area contributed by atoms with Crippen molar-refractivity contribution in [3.05, 3.63) is 0 Å². The van der Waals surface area contributed by atoms with Crippen LogP contribution in [0.15, 0.2) is 0 Å². The van der Waals surface area contributed by atoms with Gasteiger partial charge in [0, 0.05) is 12.1 Å². The molecule has 0 rings (SSSR count). The van der Waals surface area contributed by atoms with E-state index in [9.17, 15) is 4.79 Å². The Morgan fingerprint density at radius 2 is 1.93 bits per heavy atom. The standard InChI is InChI=1S/C10H22N2O2/c1-7(2)14-6-10(13)12-9(4)5-8(3)11/h7-9H,5-6,11H2,1-4H3,(H,12,13). The highest BCUT2D eigenvalue weighted by Gasteiger charge is 2.09. The predicted molar refractivity (Wildman–Crippen MR) is 57.0 cm³/mol. The first-order chi connectivity index (χ1) is 6.41. The average Bonchev–Trinajstić information content (AvgIpc) is 1.98. The summed E-state index contributed by atoms with van der Waals surface area (Å²) < 4.78 is 5.17. The second kappa shape index (κ2) is 6.79. The monoisotopic (exact) mass is 202 g/mol. The zero-order valence-electron chi connectivity index (χ0n) is 9.54. The molecule has 0 saturated heterocycles. The summed E-state index contributed by atoms with van der Waals surface area (Å²) in [7, 11) is 0. The van der Waals surface area contributed by atoms with Crippen molar-refractivity contribution in [2.75, 3.05) is 6.61 Å². The normalized spacial score (nSPS) is 15.3. The number of rotatable bonds is 6. The van der Waals surface area contributed by atoms with Crippen LogP contribution in [0.5, 0.6) is 0 Å². The number of nitrogens with one attached hydrogen (secondary N) is 1. The van der Waals surface area contributed by atoms with E-state index in [1.807, 2.05) is 27.7 Å². The van der Waals surface area contributed by atoms with Crippen molar-refractivity contribution in [3.63, 3.8) is 0 Å². The highest BCUT2D eigenvalue weighted by atomic mass is 16.5. The van der Waals surface area contributed by atoms with E-state index in [-0.39, 0.29) is 30.7 Å². The van der Waals surface area contributed by atoms with Crippen molar-refractivity contribution in [1.82, 2.24) is 5.32 Å². The molecular formula is C10H22N2O2. The zero-order chi connectivity index (χ0) is 11.1. The van der Waals surface area contributed by atoms with Crippen LogP contribution in [0.4, 0.5) is 0 Å². The summed E-state index contributed by atoms with van der Waals surface area (Å²) in [5.74, 6) is -0.0770. The van der Waals surface area contributed by atoms with Gasteiger partial charge in [-0.3, -0.25) is 4.79 Å². The van der Waals surface area contributed by atoms with Crippen LogP contribution >= 0.6 is 0 Å². The Labute approximate surface area is 86.2 Å². The number of carbonyl (C=O) groups is 1. The highest BCUT2D eigenvalue weighted by molar-refractivity contribution is 5.77. The third-order valence-electron chi connectivity index (χ3n) is 1.68. The van der Waals surface area contributed by atoms with E-state index in [0.29, 0.717) is 0 Å². The number of ether oxygens (including phenoxy) is 1. The molecule has 0 aliphatic rings. The van der Waals surface area contributed by atoms with Gasteiger partial charge in [-0.1, -0.05) is 0 Å². The maximum Gasteiger partial charge on any atom is 0.246 e. The summed E-state index contributed by atoms with van der Waals surface area (Å²) in [5, 5.41) is 2.82. The second-order valence-electron chi connectivity index (χ2n) is 4.04. The summed E-state index contributed by atoms with van der Waals surface area (Å²) in [5.41, 5.74) is 5.61. The molecule has 0 heterocycles. The van der Waals surface area contributed by atoms with Gasteiger partial charge in [-0.05, 0) is 34.1 Å². The smallest absolute Gasteiger partial charge is 0.246 e. The van der Waals surface area contributed by atoms with Crippen LogP contribution in [-0.4, -0.2) is 30.7 Å². The topological polar surface area (TPSA) is 64.3 Å². The average molecular weight is 202 g/mol. The van der Waals surface area contributed by atoms with Crippen LogP contribution in [0.1, 0.15) is 34.1 Å². The molecule has 2 unspecified atom stereocenters. The quantitative estimate of drug-likeness (QED) is 0.665. The van der Waals surface area contributed by atoms with E-state index >= 15 is 0 Å². The Balaban J connectivity index is 3.60. The molecule has 0 aliphatic carbocycles. The lowest BCUT2D eigenvalue weighted by molar-refractivity contribution is -0.127. The molecule has 0 bridgehead atoms. The van der Waals surface area contributed by atoms with Gasteiger partial charge in [-0.15, -0.1) is 0 Å². The lowest BCUT2D eigenvalue weighted by atomic mass is 10.1. The van der Waals surface area contributed by atoms with Crippen LogP contribution < -0.4 is 11.1 Å². The summed E-state index contributed by atoms with van der Waals surface area (Å²) in [6.07, 6.45) is 0.873. The number of amides is 1. The molecule has 2 atom stereocenters. The zero-order valence-corrected chi connectivity index (χ0v) is 9.54. The van der Waals surface area contributed by atoms with Crippen molar-refractivity contribution in [3.8, 4) is 0 Å². The van der Waals surface area contributed by atoms with Gasteiger partial charge in [-0.2, -0.15) is 0 Å². The van der Waals surface area contributed by atoms with Crippen molar-refractivity contribution in [1.29, 1.82) is 0 Å². The minimum atomic E-state index is -0.0770. The Hall–Kier alpha value is -0.610. The maximum atomic E-state index is 11.3. The summed E-state index contributed by atoms with van der Waals surface area (Å²) >= 11 is 0. The molecular weight excluding hydrogens is 180 g/mol. The first-order valence-electron chi connectivity index (χ1n) is 5.08. The van der Waals surface area contributed by atoms with Crippen molar-refractivity contribution >= 4 is 5.91 Å². The van der Waals surface area contributed by atoms with E-state index in [2.05, 4.69) is 5.32 Å². The Morgan fingerprint density at radius 3 is 2.36 bits per heavy atom. The molecule has 4 nitrogen and oxygen atoms in total. The van der Waals surface area contributed by atoms with Gasteiger partial charge in [0.05, 0.1) is 6.10 Å². The Morgan fingerprint density at radius 1 is 1.36 bits per heavy atom. The van der Waals surface area contributed by atoms with Gasteiger partial charge in [0.2, 0.25) is 5.91 Å². The van der Waals surface area contributed by atoms with Crippen LogP contribution in [0, 0.1) is 0 Å². The lowest BCUT2D eigenvalue weighted by Gasteiger charge is -2.16. The van der Waals surface area contributed by atoms with E-state index in [4.69, 9.17) is 10.5 Å². The molecule has 14 heavy (non-hydrogen) atoms. The summed E-state index contributed by atoms with van der Waals surface area (Å²) in [6, 6.07) is 0.217. The molecule has 0 aromatic heterocycles. The molecule has 0 saturated carbocycles. The van der Waals surface area contributed by atoms with E-state index in [0.717, 1.165) is 6.42 Å². The summed E-state index contributed by atoms with van der Waals surface area (Å²) in [6.45, 7) is 7.79. The van der Waals surface area contributed by atoms with Gasteiger partial charge < -0.3 is 15.8 Å². The number of hydrogen-bond donors (Lipinski definition) is 2. The molecule has 0 aromatic rings. The fraction of sp³-hybridized carbons (Fsp3) is 0.900. The minimum absolute atomic E-state index is 0.0770. The molecule has 0 aromatic carbocycles. The number of nitrogens with two attached hydrogens (primary N) is 1. The second-order valence-corrected chi connectivity index (χ2v) is 4.04. The number of hydrogen-bond acceptors (Lipinski definition) is 3. The first kappa shape index (κ1) is 13.4. The van der Waals surface area contributed by atoms with E-state index in [1.54, 1.807) is 0 Å². The first-order valence-corrected chi connectivity index (χ1v) is 5.08. The largest absolute Gasteiger partial charge is 0.369 e. The summed E-state index contributed by atoms with van der Waals surface area (Å²) in [4.78, 5) is 11.3. The minimum Gasteiger partial charge on any atom is -0.369 e. The fourth-order valence-electron chi connectivity index (χ4n) is 1.18. The molecule has 0 spiro atoms. The van der Waals surface area contributed by atoms with E-state index < -0.39 is 0 Å². The number of carbonyl (C=O) groups excluding carboxylic acids is 1. The van der Waals surface area contributed by atoms with E-state index in [1.165, 1.54) is 0 Å². The van der Waals surface area contributed by atoms with Crippen molar-refractivity contribution in [2.45, 2.75) is 52.3 Å². The molecule has 0 fully saturated rings. The molecule has 0 aliphatic heterocycles. The van der Waals surface area contributed by atoms with Crippen LogP contribution in [0.25, 0.3) is 0 Å². The molecule has 1 amide bonds. The van der Waals surface area contributed by atoms with Crippen LogP contribution in [-0.2, 0) is 9.53 Å². The fourth-order valence-corrected chi connectivity index (χ4v) is 1.18. The third-order valence-corrected chi connectivity index (χ3v) is 1.68. The molecule has 84 valence electrons. The van der Waals surface area contributed by atoms with Gasteiger partial charge >= 0.3 is 0 Å². The molecule has 0 radical (unpaired) electrons. The van der Waals surface area contributed by atoms with Crippen molar-refractivity contribution in [2.24, 2.45) is 5.73 Å². The van der Waals surface area contributed by atoms with Crippen LogP contribution in [0.3, 0.4) is 0 Å². The van der Waals surface area contributed by atoms with Gasteiger partial charge in [0.25, 0.3) is 0 Å². The van der Waals surface area contributed by atoms with Crippen LogP contribution in [0.2, 0.25) is 0 Å².